The summed E-state index contributed by atoms with van der Waals surface area (Å²) in [5.74, 6) is -1.10. The molecule has 0 bridgehead atoms. The van der Waals surface area contributed by atoms with Crippen LogP contribution in [0.15, 0.2) is 0 Å². The largest absolute Gasteiger partial charge is 0.387 e. The first-order valence-electron chi connectivity index (χ1n) is 3.35. The summed E-state index contributed by atoms with van der Waals surface area (Å²) >= 11 is 0. The summed E-state index contributed by atoms with van der Waals surface area (Å²) < 4.78 is 4.68. The number of hydrogen-bond donors (Lipinski definition) is 3. The van der Waals surface area contributed by atoms with Crippen LogP contribution in [0, 0.1) is 5.92 Å². The molecule has 0 saturated carbocycles. The van der Waals surface area contributed by atoms with Gasteiger partial charge in [0.05, 0.1) is 0 Å². The molecule has 5 heteroatoms. The van der Waals surface area contributed by atoms with Gasteiger partial charge in [-0.15, -0.1) is 0 Å². The van der Waals surface area contributed by atoms with Gasteiger partial charge in [-0.1, -0.05) is 6.92 Å². The molecular weight excluding hydrogens is 150 g/mol. The van der Waals surface area contributed by atoms with Crippen LogP contribution >= 0.6 is 0 Å². The van der Waals surface area contributed by atoms with Crippen molar-refractivity contribution < 1.29 is 19.7 Å². The number of aliphatic hydroxyl groups is 2. The fourth-order valence-corrected chi connectivity index (χ4v) is 1.12. The monoisotopic (exact) mass is 161 g/mol. The van der Waals surface area contributed by atoms with Gasteiger partial charge in [-0.25, -0.2) is 0 Å². The van der Waals surface area contributed by atoms with Crippen LogP contribution in [-0.4, -0.2) is 34.6 Å². The number of nitrogens with two attached hydrogens (primary N) is 1. The van der Waals surface area contributed by atoms with Crippen LogP contribution in [0.25, 0.3) is 0 Å². The number of primary amides is 1. The van der Waals surface area contributed by atoms with Crippen molar-refractivity contribution in [1.29, 1.82) is 0 Å². The number of aliphatic hydroxyl groups excluding tert-OH is 2. The highest BCUT2D eigenvalue weighted by atomic mass is 16.6. The lowest BCUT2D eigenvalue weighted by molar-refractivity contribution is -0.148. The summed E-state index contributed by atoms with van der Waals surface area (Å²) in [5.41, 5.74) is 4.93. The first kappa shape index (κ1) is 8.45. The van der Waals surface area contributed by atoms with E-state index in [0.29, 0.717) is 0 Å². The summed E-state index contributed by atoms with van der Waals surface area (Å²) in [4.78, 5) is 10.6. The predicted octanol–water partition coefficient (Wildman–Crippen LogP) is -1.81. The number of rotatable bonds is 1. The Labute approximate surface area is 63.8 Å². The van der Waals surface area contributed by atoms with E-state index in [1.165, 1.54) is 0 Å². The predicted molar refractivity (Wildman–Crippen MR) is 35.2 cm³/mol. The molecule has 1 aliphatic rings. The lowest BCUT2D eigenvalue weighted by atomic mass is 10.0. The molecule has 0 aromatic carbocycles. The molecule has 4 N–H and O–H groups in total. The van der Waals surface area contributed by atoms with Crippen molar-refractivity contribution in [3.05, 3.63) is 0 Å². The van der Waals surface area contributed by atoms with Crippen LogP contribution in [-0.2, 0) is 9.53 Å². The van der Waals surface area contributed by atoms with Crippen LogP contribution < -0.4 is 5.73 Å². The summed E-state index contributed by atoms with van der Waals surface area (Å²) in [7, 11) is 0. The molecule has 1 amide bonds. The van der Waals surface area contributed by atoms with E-state index < -0.39 is 30.3 Å². The van der Waals surface area contributed by atoms with Gasteiger partial charge in [0, 0.05) is 5.92 Å². The Morgan fingerprint density at radius 2 is 2.09 bits per heavy atom. The summed E-state index contributed by atoms with van der Waals surface area (Å²) in [6, 6.07) is 0. The van der Waals surface area contributed by atoms with Crippen molar-refractivity contribution in [3.63, 3.8) is 0 Å². The minimum atomic E-state index is -1.29. The molecule has 0 spiro atoms. The number of ether oxygens (including phenoxy) is 1. The van der Waals surface area contributed by atoms with Crippen molar-refractivity contribution >= 4 is 5.91 Å². The first-order valence-corrected chi connectivity index (χ1v) is 3.35. The molecule has 1 heterocycles. The summed E-state index contributed by atoms with van der Waals surface area (Å²) in [6.07, 6.45) is -3.19. The molecule has 1 saturated heterocycles. The molecular formula is C6H11NO4. The van der Waals surface area contributed by atoms with Gasteiger partial charge in [0.15, 0.2) is 6.29 Å². The van der Waals surface area contributed by atoms with Crippen molar-refractivity contribution in [3.8, 4) is 0 Å². The normalized spacial score (nSPS) is 44.3. The van der Waals surface area contributed by atoms with E-state index in [9.17, 15) is 4.79 Å². The second-order valence-electron chi connectivity index (χ2n) is 2.70. The molecule has 0 aromatic heterocycles. The number of carbonyl (C=O) groups is 1. The minimum Gasteiger partial charge on any atom is -0.387 e. The molecule has 64 valence electrons. The first-order chi connectivity index (χ1) is 5.04. The average molecular weight is 161 g/mol. The molecule has 1 aliphatic heterocycles. The molecule has 0 radical (unpaired) electrons. The highest BCUT2D eigenvalue weighted by Crippen LogP contribution is 2.24. The van der Waals surface area contributed by atoms with Gasteiger partial charge >= 0.3 is 0 Å². The van der Waals surface area contributed by atoms with Crippen LogP contribution in [0.1, 0.15) is 6.92 Å². The molecule has 5 nitrogen and oxygen atoms in total. The standard InChI is InChI=1S/C6H11NO4/c1-2-3(8)6(10)11-4(2)5(7)9/h2-4,6,8,10H,1H3,(H2,7,9). The van der Waals surface area contributed by atoms with Gasteiger partial charge in [-0.05, 0) is 0 Å². The van der Waals surface area contributed by atoms with Crippen molar-refractivity contribution in [2.45, 2.75) is 25.4 Å². The van der Waals surface area contributed by atoms with Crippen LogP contribution in [0.2, 0.25) is 0 Å². The van der Waals surface area contributed by atoms with Gasteiger partial charge in [0.2, 0.25) is 5.91 Å². The zero-order chi connectivity index (χ0) is 8.59. The fraction of sp³-hybridized carbons (Fsp3) is 0.833. The second kappa shape index (κ2) is 2.77. The number of hydrogen-bond acceptors (Lipinski definition) is 4. The third-order valence-electron chi connectivity index (χ3n) is 1.87. The van der Waals surface area contributed by atoms with Crippen molar-refractivity contribution in [1.82, 2.24) is 0 Å². The second-order valence-corrected chi connectivity index (χ2v) is 2.70. The lowest BCUT2D eigenvalue weighted by Gasteiger charge is -2.10. The van der Waals surface area contributed by atoms with E-state index in [0.717, 1.165) is 0 Å². The molecule has 11 heavy (non-hydrogen) atoms. The van der Waals surface area contributed by atoms with Gasteiger partial charge in [0.25, 0.3) is 0 Å². The zero-order valence-corrected chi connectivity index (χ0v) is 6.10. The Balaban J connectivity index is 2.67. The number of amides is 1. The smallest absolute Gasteiger partial charge is 0.247 e. The zero-order valence-electron chi connectivity index (χ0n) is 6.10. The Morgan fingerprint density at radius 3 is 2.27 bits per heavy atom. The van der Waals surface area contributed by atoms with E-state index in [2.05, 4.69) is 4.74 Å². The molecule has 4 atom stereocenters. The number of carbonyl (C=O) groups excluding carboxylic acids is 1. The highest BCUT2D eigenvalue weighted by molar-refractivity contribution is 5.79. The van der Waals surface area contributed by atoms with Gasteiger partial charge in [0.1, 0.15) is 12.2 Å². The molecule has 0 aromatic rings. The Hall–Kier alpha value is -0.650. The van der Waals surface area contributed by atoms with Crippen LogP contribution in [0.3, 0.4) is 0 Å². The highest BCUT2D eigenvalue weighted by Gasteiger charge is 2.42. The fourth-order valence-electron chi connectivity index (χ4n) is 1.12. The van der Waals surface area contributed by atoms with E-state index in [1.807, 2.05) is 0 Å². The minimum absolute atomic E-state index is 0.442. The third kappa shape index (κ3) is 1.35. The molecule has 1 fully saturated rings. The van der Waals surface area contributed by atoms with Crippen LogP contribution in [0.4, 0.5) is 0 Å². The SMILES string of the molecule is CC1C(C(N)=O)OC(O)C1O. The van der Waals surface area contributed by atoms with Gasteiger partial charge in [-0.3, -0.25) is 4.79 Å². The topological polar surface area (TPSA) is 92.8 Å². The van der Waals surface area contributed by atoms with E-state index in [-0.39, 0.29) is 0 Å². The molecule has 1 rings (SSSR count). The third-order valence-corrected chi connectivity index (χ3v) is 1.87. The Kier molecular flexibility index (Phi) is 2.12. The lowest BCUT2D eigenvalue weighted by Crippen LogP contribution is -2.34. The van der Waals surface area contributed by atoms with E-state index >= 15 is 0 Å². The maximum Gasteiger partial charge on any atom is 0.247 e. The Morgan fingerprint density at radius 1 is 1.55 bits per heavy atom. The summed E-state index contributed by atoms with van der Waals surface area (Å²) in [5, 5.41) is 18.0. The molecule has 0 aliphatic carbocycles. The molecule has 4 unspecified atom stereocenters. The maximum atomic E-state index is 10.6. The van der Waals surface area contributed by atoms with E-state index in [1.54, 1.807) is 6.92 Å². The van der Waals surface area contributed by atoms with Crippen LogP contribution in [0.5, 0.6) is 0 Å². The quantitative estimate of drug-likeness (QED) is 0.422. The maximum absolute atomic E-state index is 10.6. The van der Waals surface area contributed by atoms with Crippen molar-refractivity contribution in [2.75, 3.05) is 0 Å². The van der Waals surface area contributed by atoms with Crippen molar-refractivity contribution in [2.24, 2.45) is 11.7 Å². The van der Waals surface area contributed by atoms with Gasteiger partial charge in [-0.2, -0.15) is 0 Å². The van der Waals surface area contributed by atoms with E-state index in [4.69, 9.17) is 15.9 Å². The summed E-state index contributed by atoms with van der Waals surface area (Å²) in [6.45, 7) is 1.59. The Bertz CT molecular complexity index is 172. The average Bonchev–Trinajstić information content (AvgIpc) is 2.17. The van der Waals surface area contributed by atoms with Gasteiger partial charge < -0.3 is 20.7 Å².